The van der Waals surface area contributed by atoms with Crippen LogP contribution in [0.4, 0.5) is 4.39 Å². The Balaban J connectivity index is 1.97. The topological polar surface area (TPSA) is 66.6 Å². The molecule has 0 unspecified atom stereocenters. The van der Waals surface area contributed by atoms with Crippen LogP contribution < -0.4 is 5.73 Å². The molecule has 0 spiro atoms. The van der Waals surface area contributed by atoms with Crippen molar-refractivity contribution in [3.63, 3.8) is 0 Å². The molecule has 1 aliphatic rings. The normalized spacial score (nSPS) is 15.5. The Morgan fingerprint density at radius 1 is 1.09 bits per heavy atom. The van der Waals surface area contributed by atoms with Crippen LogP contribution in [-0.4, -0.2) is 54.3 Å². The molecule has 120 valence electrons. The molecule has 0 saturated carbocycles. The molecule has 2 N–H and O–H groups in total. The summed E-state index contributed by atoms with van der Waals surface area (Å²) in [6.45, 7) is 2.58. The first-order valence-corrected chi connectivity index (χ1v) is 7.65. The van der Waals surface area contributed by atoms with Gasteiger partial charge in [-0.1, -0.05) is 12.1 Å². The summed E-state index contributed by atoms with van der Waals surface area (Å²) in [5.74, 6) is -0.743. The predicted molar refractivity (Wildman–Crippen MR) is 81.8 cm³/mol. The fourth-order valence-corrected chi connectivity index (χ4v) is 2.59. The highest BCUT2D eigenvalue weighted by atomic mass is 19.1. The first kappa shape index (κ1) is 16.4. The van der Waals surface area contributed by atoms with E-state index in [1.807, 2.05) is 0 Å². The van der Waals surface area contributed by atoms with Crippen LogP contribution in [-0.2, 0) is 4.79 Å². The monoisotopic (exact) mass is 307 g/mol. The van der Waals surface area contributed by atoms with Gasteiger partial charge in [-0.05, 0) is 31.5 Å². The summed E-state index contributed by atoms with van der Waals surface area (Å²) in [7, 11) is 0. The highest BCUT2D eigenvalue weighted by Gasteiger charge is 2.23. The first-order valence-electron chi connectivity index (χ1n) is 7.65. The van der Waals surface area contributed by atoms with Gasteiger partial charge in [-0.15, -0.1) is 0 Å². The zero-order valence-electron chi connectivity index (χ0n) is 12.6. The van der Waals surface area contributed by atoms with Gasteiger partial charge in [-0.3, -0.25) is 9.59 Å². The minimum atomic E-state index is -0.507. The number of benzene rings is 1. The van der Waals surface area contributed by atoms with Crippen molar-refractivity contribution in [3.8, 4) is 0 Å². The van der Waals surface area contributed by atoms with Gasteiger partial charge in [-0.2, -0.15) is 0 Å². The van der Waals surface area contributed by atoms with Gasteiger partial charge in [-0.25, -0.2) is 4.39 Å². The van der Waals surface area contributed by atoms with Gasteiger partial charge in [0.2, 0.25) is 5.91 Å². The van der Waals surface area contributed by atoms with Crippen molar-refractivity contribution in [3.05, 3.63) is 35.6 Å². The van der Waals surface area contributed by atoms with Crippen molar-refractivity contribution in [2.45, 2.75) is 19.3 Å². The van der Waals surface area contributed by atoms with Crippen molar-refractivity contribution in [2.24, 2.45) is 5.73 Å². The Bertz CT molecular complexity index is 536. The van der Waals surface area contributed by atoms with E-state index in [0.29, 0.717) is 52.0 Å². The fourth-order valence-electron chi connectivity index (χ4n) is 2.59. The Hall–Kier alpha value is -1.95. The second kappa shape index (κ2) is 7.89. The molecule has 0 aliphatic carbocycles. The number of carbonyl (C=O) groups is 2. The Kier molecular flexibility index (Phi) is 5.89. The molecule has 5 nitrogen and oxygen atoms in total. The Labute approximate surface area is 129 Å². The van der Waals surface area contributed by atoms with Crippen molar-refractivity contribution in [2.75, 3.05) is 32.7 Å². The number of nitrogens with zero attached hydrogens (tertiary/aromatic N) is 2. The third-order valence-electron chi connectivity index (χ3n) is 3.83. The maximum absolute atomic E-state index is 13.7. The molecule has 6 heteroatoms. The van der Waals surface area contributed by atoms with Gasteiger partial charge in [0.25, 0.3) is 5.91 Å². The summed E-state index contributed by atoms with van der Waals surface area (Å²) < 4.78 is 13.7. The van der Waals surface area contributed by atoms with Gasteiger partial charge in [0.1, 0.15) is 5.82 Å². The van der Waals surface area contributed by atoms with E-state index < -0.39 is 5.82 Å². The zero-order valence-corrected chi connectivity index (χ0v) is 12.6. The molecule has 1 aromatic carbocycles. The van der Waals surface area contributed by atoms with E-state index in [1.54, 1.807) is 21.9 Å². The highest BCUT2D eigenvalue weighted by Crippen LogP contribution is 2.13. The first-order chi connectivity index (χ1) is 10.6. The minimum Gasteiger partial charge on any atom is -0.341 e. The van der Waals surface area contributed by atoms with E-state index in [1.165, 1.54) is 12.1 Å². The van der Waals surface area contributed by atoms with E-state index in [2.05, 4.69) is 0 Å². The molecular formula is C16H22FN3O2. The lowest BCUT2D eigenvalue weighted by Crippen LogP contribution is -2.37. The van der Waals surface area contributed by atoms with Crippen LogP contribution in [0.3, 0.4) is 0 Å². The second-order valence-corrected chi connectivity index (χ2v) is 5.40. The van der Waals surface area contributed by atoms with Crippen LogP contribution in [0.1, 0.15) is 29.6 Å². The number of hydrogen-bond donors (Lipinski definition) is 1. The van der Waals surface area contributed by atoms with Crippen molar-refractivity contribution in [1.29, 1.82) is 0 Å². The predicted octanol–water partition coefficient (Wildman–Crippen LogP) is 1.24. The summed E-state index contributed by atoms with van der Waals surface area (Å²) in [5, 5.41) is 0. The zero-order chi connectivity index (χ0) is 15.9. The third kappa shape index (κ3) is 4.04. The van der Waals surface area contributed by atoms with Gasteiger partial charge in [0, 0.05) is 32.6 Å². The largest absolute Gasteiger partial charge is 0.341 e. The van der Waals surface area contributed by atoms with E-state index in [-0.39, 0.29) is 17.4 Å². The summed E-state index contributed by atoms with van der Waals surface area (Å²) in [6, 6.07) is 5.99. The lowest BCUT2D eigenvalue weighted by molar-refractivity contribution is -0.131. The maximum atomic E-state index is 13.7. The molecule has 2 amide bonds. The molecule has 1 saturated heterocycles. The molecule has 2 rings (SSSR count). The average Bonchev–Trinajstić information content (AvgIpc) is 2.78. The molecular weight excluding hydrogens is 285 g/mol. The number of nitrogens with two attached hydrogens (primary N) is 1. The fraction of sp³-hybridized carbons (Fsp3) is 0.500. The number of carbonyl (C=O) groups excluding carboxylic acids is 2. The van der Waals surface area contributed by atoms with E-state index in [4.69, 9.17) is 5.73 Å². The average molecular weight is 307 g/mol. The standard InChI is InChI=1S/C16H22FN3O2/c17-14-6-2-1-5-13(14)16(22)20-10-4-9-19(11-12-20)15(21)7-3-8-18/h1-2,5-6H,3-4,7-12,18H2. The molecule has 0 atom stereocenters. The van der Waals surface area contributed by atoms with Crippen LogP contribution in [0, 0.1) is 5.82 Å². The number of amides is 2. The molecule has 0 aromatic heterocycles. The molecule has 1 aliphatic heterocycles. The summed E-state index contributed by atoms with van der Waals surface area (Å²) in [5.41, 5.74) is 5.51. The number of rotatable bonds is 4. The summed E-state index contributed by atoms with van der Waals surface area (Å²) in [4.78, 5) is 27.8. The van der Waals surface area contributed by atoms with E-state index in [9.17, 15) is 14.0 Å². The van der Waals surface area contributed by atoms with Crippen molar-refractivity contribution < 1.29 is 14.0 Å². The third-order valence-corrected chi connectivity index (χ3v) is 3.83. The summed E-state index contributed by atoms with van der Waals surface area (Å²) >= 11 is 0. The quantitative estimate of drug-likeness (QED) is 0.910. The van der Waals surface area contributed by atoms with Crippen LogP contribution in [0.2, 0.25) is 0 Å². The Morgan fingerprint density at radius 3 is 2.50 bits per heavy atom. The molecule has 1 heterocycles. The van der Waals surface area contributed by atoms with Crippen LogP contribution in [0.15, 0.2) is 24.3 Å². The van der Waals surface area contributed by atoms with Gasteiger partial charge in [0.05, 0.1) is 5.56 Å². The molecule has 0 bridgehead atoms. The summed E-state index contributed by atoms with van der Waals surface area (Å²) in [6.07, 6.45) is 1.82. The molecule has 22 heavy (non-hydrogen) atoms. The van der Waals surface area contributed by atoms with Gasteiger partial charge in [0.15, 0.2) is 0 Å². The SMILES string of the molecule is NCCCC(=O)N1CCCN(C(=O)c2ccccc2F)CC1. The second-order valence-electron chi connectivity index (χ2n) is 5.40. The van der Waals surface area contributed by atoms with Crippen molar-refractivity contribution >= 4 is 11.8 Å². The number of halogens is 1. The molecule has 1 aromatic rings. The van der Waals surface area contributed by atoms with Gasteiger partial charge >= 0.3 is 0 Å². The van der Waals surface area contributed by atoms with Crippen LogP contribution in [0.25, 0.3) is 0 Å². The van der Waals surface area contributed by atoms with Gasteiger partial charge < -0.3 is 15.5 Å². The maximum Gasteiger partial charge on any atom is 0.256 e. The van der Waals surface area contributed by atoms with E-state index in [0.717, 1.165) is 0 Å². The molecule has 0 radical (unpaired) electrons. The Morgan fingerprint density at radius 2 is 1.77 bits per heavy atom. The van der Waals surface area contributed by atoms with E-state index >= 15 is 0 Å². The van der Waals surface area contributed by atoms with Crippen LogP contribution >= 0.6 is 0 Å². The molecule has 1 fully saturated rings. The lowest BCUT2D eigenvalue weighted by atomic mass is 10.2. The van der Waals surface area contributed by atoms with Crippen LogP contribution in [0.5, 0.6) is 0 Å². The number of hydrogen-bond acceptors (Lipinski definition) is 3. The smallest absolute Gasteiger partial charge is 0.256 e. The highest BCUT2D eigenvalue weighted by molar-refractivity contribution is 5.94. The lowest BCUT2D eigenvalue weighted by Gasteiger charge is -2.22. The van der Waals surface area contributed by atoms with Crippen molar-refractivity contribution in [1.82, 2.24) is 9.80 Å². The minimum absolute atomic E-state index is 0.0747.